The van der Waals surface area contributed by atoms with E-state index in [9.17, 15) is 37.8 Å². The van der Waals surface area contributed by atoms with Gasteiger partial charge in [0.25, 0.3) is 5.91 Å². The molecule has 1 amide bonds. The number of carbonyl (C=O) groups is 3. The molecular weight excluding hydrogens is 463 g/mol. The summed E-state index contributed by atoms with van der Waals surface area (Å²) in [6, 6.07) is 14.6. The van der Waals surface area contributed by atoms with E-state index in [0.717, 1.165) is 6.07 Å². The minimum absolute atomic E-state index is 0.0423. The fraction of sp³-hybridized carbons (Fsp3) is 0.192. The molecule has 0 aromatic heterocycles. The summed E-state index contributed by atoms with van der Waals surface area (Å²) in [5, 5.41) is 21.3. The van der Waals surface area contributed by atoms with Gasteiger partial charge in [-0.1, -0.05) is 42.5 Å². The highest BCUT2D eigenvalue weighted by molar-refractivity contribution is 5.99. The third-order valence-electron chi connectivity index (χ3n) is 5.49. The Morgan fingerprint density at radius 1 is 0.914 bits per heavy atom. The zero-order valence-corrected chi connectivity index (χ0v) is 18.6. The number of carboxylic acids is 2. The number of benzene rings is 3. The van der Waals surface area contributed by atoms with Gasteiger partial charge in [-0.2, -0.15) is 13.2 Å². The predicted molar refractivity (Wildman–Crippen MR) is 122 cm³/mol. The van der Waals surface area contributed by atoms with Crippen LogP contribution in [-0.4, -0.2) is 34.1 Å². The summed E-state index contributed by atoms with van der Waals surface area (Å²) in [7, 11) is 0. The Labute approximate surface area is 199 Å². The first-order chi connectivity index (χ1) is 16.5. The molecule has 0 aliphatic rings. The van der Waals surface area contributed by atoms with Gasteiger partial charge in [-0.3, -0.25) is 9.59 Å². The Bertz CT molecular complexity index is 1270. The molecule has 0 saturated heterocycles. The molecule has 0 fully saturated rings. The highest BCUT2D eigenvalue weighted by atomic mass is 19.4. The Kier molecular flexibility index (Phi) is 7.58. The molecule has 3 aromatic rings. The smallest absolute Gasteiger partial charge is 0.416 e. The maximum Gasteiger partial charge on any atom is 0.416 e. The van der Waals surface area contributed by atoms with Crippen molar-refractivity contribution in [2.75, 3.05) is 0 Å². The summed E-state index contributed by atoms with van der Waals surface area (Å²) in [5.41, 5.74) is 0.725. The molecule has 3 N–H and O–H groups in total. The third-order valence-corrected chi connectivity index (χ3v) is 5.49. The lowest BCUT2D eigenvalue weighted by molar-refractivity contribution is -0.138. The van der Waals surface area contributed by atoms with Crippen LogP contribution in [0.15, 0.2) is 66.7 Å². The van der Waals surface area contributed by atoms with Crippen molar-refractivity contribution in [1.82, 2.24) is 5.32 Å². The maximum absolute atomic E-state index is 13.4. The monoisotopic (exact) mass is 485 g/mol. The molecule has 0 radical (unpaired) electrons. The topological polar surface area (TPSA) is 104 Å². The number of aliphatic carboxylic acids is 1. The average Bonchev–Trinajstić information content (AvgIpc) is 2.78. The highest BCUT2D eigenvalue weighted by Gasteiger charge is 2.33. The zero-order valence-electron chi connectivity index (χ0n) is 18.6. The molecule has 9 heteroatoms. The van der Waals surface area contributed by atoms with E-state index in [1.807, 2.05) is 0 Å². The van der Waals surface area contributed by atoms with Gasteiger partial charge in [0.05, 0.1) is 17.5 Å². The number of amides is 1. The molecule has 0 bridgehead atoms. The molecule has 1 unspecified atom stereocenters. The van der Waals surface area contributed by atoms with Crippen molar-refractivity contribution in [3.8, 4) is 11.1 Å². The summed E-state index contributed by atoms with van der Waals surface area (Å²) >= 11 is 0. The number of aryl methyl sites for hydroxylation is 1. The maximum atomic E-state index is 13.4. The number of nitrogens with one attached hydrogen (secondary N) is 1. The van der Waals surface area contributed by atoms with Crippen molar-refractivity contribution < 1.29 is 37.8 Å². The number of halogens is 3. The lowest BCUT2D eigenvalue weighted by atomic mass is 9.93. The summed E-state index contributed by atoms with van der Waals surface area (Å²) in [6.45, 7) is 1.75. The number of carboxylic acid groups (broad SMARTS) is 2. The van der Waals surface area contributed by atoms with Crippen molar-refractivity contribution in [1.29, 1.82) is 0 Å². The van der Waals surface area contributed by atoms with Crippen molar-refractivity contribution in [2.45, 2.75) is 32.0 Å². The summed E-state index contributed by atoms with van der Waals surface area (Å²) in [5.74, 6) is -3.10. The van der Waals surface area contributed by atoms with Crippen LogP contribution in [0.5, 0.6) is 0 Å². The molecule has 6 nitrogen and oxygen atoms in total. The number of aromatic carboxylic acids is 1. The Morgan fingerprint density at radius 3 is 2.23 bits per heavy atom. The molecule has 0 aliphatic heterocycles. The molecule has 182 valence electrons. The minimum Gasteiger partial charge on any atom is -0.481 e. The second kappa shape index (κ2) is 10.4. The fourth-order valence-corrected chi connectivity index (χ4v) is 3.85. The summed E-state index contributed by atoms with van der Waals surface area (Å²) in [6.07, 6.45) is -5.55. The van der Waals surface area contributed by atoms with Crippen molar-refractivity contribution >= 4 is 17.8 Å². The number of hydrogen-bond acceptors (Lipinski definition) is 3. The molecule has 0 saturated carbocycles. The van der Waals surface area contributed by atoms with Gasteiger partial charge in [0, 0.05) is 11.6 Å². The second-order valence-corrected chi connectivity index (χ2v) is 8.01. The lowest BCUT2D eigenvalue weighted by Crippen LogP contribution is -2.38. The largest absolute Gasteiger partial charge is 0.481 e. The minimum atomic E-state index is -4.63. The zero-order chi connectivity index (χ0) is 25.8. The van der Waals surface area contributed by atoms with E-state index in [0.29, 0.717) is 16.7 Å². The van der Waals surface area contributed by atoms with Crippen LogP contribution >= 0.6 is 0 Å². The van der Waals surface area contributed by atoms with E-state index < -0.39 is 42.0 Å². The molecule has 3 rings (SSSR count). The van der Waals surface area contributed by atoms with Gasteiger partial charge in [-0.25, -0.2) is 4.79 Å². The number of rotatable bonds is 8. The molecule has 0 spiro atoms. The molecule has 3 aromatic carbocycles. The van der Waals surface area contributed by atoms with Gasteiger partial charge in [0.15, 0.2) is 0 Å². The second-order valence-electron chi connectivity index (χ2n) is 8.01. The first-order valence-electron chi connectivity index (χ1n) is 10.6. The van der Waals surface area contributed by atoms with Gasteiger partial charge < -0.3 is 15.5 Å². The molecule has 0 heterocycles. The van der Waals surface area contributed by atoms with Crippen LogP contribution in [-0.2, 0) is 17.4 Å². The van der Waals surface area contributed by atoms with Gasteiger partial charge in [0.1, 0.15) is 0 Å². The Hall–Kier alpha value is -4.14. The highest BCUT2D eigenvalue weighted by Crippen LogP contribution is 2.33. The van der Waals surface area contributed by atoms with Gasteiger partial charge >= 0.3 is 18.1 Å². The van der Waals surface area contributed by atoms with Crippen molar-refractivity contribution in [2.24, 2.45) is 0 Å². The van der Waals surface area contributed by atoms with Gasteiger partial charge in [-0.15, -0.1) is 0 Å². The fourth-order valence-electron chi connectivity index (χ4n) is 3.85. The van der Waals surface area contributed by atoms with Crippen LogP contribution in [0.3, 0.4) is 0 Å². The normalized spacial score (nSPS) is 12.1. The summed E-state index contributed by atoms with van der Waals surface area (Å²) < 4.78 is 40.1. The van der Waals surface area contributed by atoms with Crippen molar-refractivity contribution in [3.63, 3.8) is 0 Å². The molecule has 0 aliphatic carbocycles. The van der Waals surface area contributed by atoms with E-state index in [-0.39, 0.29) is 23.1 Å². The first-order valence-corrected chi connectivity index (χ1v) is 10.6. The molecular formula is C26H22F3NO5. The van der Waals surface area contributed by atoms with Gasteiger partial charge in [0.2, 0.25) is 0 Å². The quantitative estimate of drug-likeness (QED) is 0.407. The SMILES string of the molecule is Cc1ccc(C(=O)NC(CC(=O)O)Cc2ccccc2C(F)(F)F)cc1-c1ccccc1C(=O)O. The standard InChI is InChI=1S/C26H22F3NO5/c1-15-10-11-17(13-21(15)19-7-3-4-8-20(19)25(34)35)24(33)30-18(14-23(31)32)12-16-6-2-5-9-22(16)26(27,28)29/h2-11,13,18H,12,14H2,1H3,(H,30,33)(H,31,32)(H,34,35). The number of hydrogen-bond donors (Lipinski definition) is 3. The first kappa shape index (κ1) is 25.5. The third kappa shape index (κ3) is 6.26. The van der Waals surface area contributed by atoms with E-state index in [4.69, 9.17) is 0 Å². The number of alkyl halides is 3. The van der Waals surface area contributed by atoms with E-state index in [1.165, 1.54) is 36.4 Å². The van der Waals surface area contributed by atoms with Crippen LogP contribution in [0.2, 0.25) is 0 Å². The van der Waals surface area contributed by atoms with Crippen LogP contribution < -0.4 is 5.32 Å². The average molecular weight is 485 g/mol. The van der Waals surface area contributed by atoms with E-state index >= 15 is 0 Å². The Balaban J connectivity index is 1.92. The Morgan fingerprint density at radius 2 is 1.57 bits per heavy atom. The van der Waals surface area contributed by atoms with Crippen LogP contribution in [0, 0.1) is 6.92 Å². The predicted octanol–water partition coefficient (Wildman–Crippen LogP) is 5.19. The molecule has 35 heavy (non-hydrogen) atoms. The summed E-state index contributed by atoms with van der Waals surface area (Å²) in [4.78, 5) is 36.0. The van der Waals surface area contributed by atoms with Crippen LogP contribution in [0.1, 0.15) is 43.8 Å². The lowest BCUT2D eigenvalue weighted by Gasteiger charge is -2.20. The van der Waals surface area contributed by atoms with Crippen LogP contribution in [0.25, 0.3) is 11.1 Å². The van der Waals surface area contributed by atoms with E-state index in [1.54, 1.807) is 31.2 Å². The molecule has 1 atom stereocenters. The van der Waals surface area contributed by atoms with Crippen molar-refractivity contribution in [3.05, 3.63) is 94.5 Å². The van der Waals surface area contributed by atoms with Crippen LogP contribution in [0.4, 0.5) is 13.2 Å². The van der Waals surface area contributed by atoms with E-state index in [2.05, 4.69) is 5.32 Å². The van der Waals surface area contributed by atoms with Gasteiger partial charge in [-0.05, 0) is 59.9 Å². The number of carbonyl (C=O) groups excluding carboxylic acids is 1.